The molecule has 2 rings (SSSR count). The maximum absolute atomic E-state index is 11.5. The first-order valence-corrected chi connectivity index (χ1v) is 8.20. The fraction of sp³-hybridized carbons (Fsp3) is 0.667. The van der Waals surface area contributed by atoms with Crippen LogP contribution < -0.4 is 16.4 Å². The van der Waals surface area contributed by atoms with Crippen LogP contribution in [0.5, 0.6) is 0 Å². The van der Waals surface area contributed by atoms with Crippen LogP contribution in [0.15, 0.2) is 6.20 Å². The van der Waals surface area contributed by atoms with Crippen molar-refractivity contribution in [2.24, 2.45) is 11.1 Å². The van der Waals surface area contributed by atoms with E-state index in [2.05, 4.69) is 20.6 Å². The normalized spacial score (nSPS) is 24.4. The highest BCUT2D eigenvalue weighted by atomic mass is 16.6. The molecule has 25 heavy (non-hydrogen) atoms. The second kappa shape index (κ2) is 7.60. The summed E-state index contributed by atoms with van der Waals surface area (Å²) in [6, 6.07) is -0.315. The summed E-state index contributed by atoms with van der Waals surface area (Å²) >= 11 is 0. The molecule has 1 atom stereocenters. The van der Waals surface area contributed by atoms with Gasteiger partial charge in [0.1, 0.15) is 6.20 Å². The van der Waals surface area contributed by atoms with E-state index in [-0.39, 0.29) is 42.1 Å². The minimum absolute atomic E-state index is 0.0378. The molecular formula is C15H24N6O4. The van der Waals surface area contributed by atoms with E-state index in [1.165, 1.54) is 0 Å². The Morgan fingerprint density at radius 2 is 2.20 bits per heavy atom. The first-order chi connectivity index (χ1) is 11.7. The summed E-state index contributed by atoms with van der Waals surface area (Å²) in [5, 5.41) is 26.3. The van der Waals surface area contributed by atoms with Crippen molar-refractivity contribution in [3.63, 3.8) is 0 Å². The van der Waals surface area contributed by atoms with Gasteiger partial charge in [0.05, 0.1) is 11.5 Å². The molecule has 1 aliphatic rings. The number of carbonyl (C=O) groups excluding carboxylic acids is 1. The number of nitrogens with two attached hydrogens (primary N) is 1. The van der Waals surface area contributed by atoms with Crippen LogP contribution >= 0.6 is 0 Å². The van der Waals surface area contributed by atoms with E-state index in [1.807, 2.05) is 6.92 Å². The predicted molar refractivity (Wildman–Crippen MR) is 92.0 cm³/mol. The van der Waals surface area contributed by atoms with Crippen LogP contribution in [0.25, 0.3) is 0 Å². The van der Waals surface area contributed by atoms with Gasteiger partial charge in [0.25, 0.3) is 0 Å². The Labute approximate surface area is 145 Å². The fourth-order valence-electron chi connectivity index (χ4n) is 2.79. The zero-order valence-corrected chi connectivity index (χ0v) is 14.4. The molecule has 0 aliphatic heterocycles. The van der Waals surface area contributed by atoms with Gasteiger partial charge in [-0.15, -0.1) is 0 Å². The maximum atomic E-state index is 11.5. The van der Waals surface area contributed by atoms with E-state index in [0.29, 0.717) is 25.7 Å². The Hall–Kier alpha value is -2.49. The summed E-state index contributed by atoms with van der Waals surface area (Å²) in [7, 11) is 0. The number of anilines is 2. The molecule has 1 aliphatic carbocycles. The molecule has 0 bridgehead atoms. The lowest BCUT2D eigenvalue weighted by molar-refractivity contribution is -0.384. The van der Waals surface area contributed by atoms with Crippen molar-refractivity contribution in [1.82, 2.24) is 9.97 Å². The van der Waals surface area contributed by atoms with Crippen LogP contribution in [-0.2, 0) is 4.79 Å². The van der Waals surface area contributed by atoms with Gasteiger partial charge in [-0.3, -0.25) is 14.9 Å². The standard InChI is InChI=1S/C15H24N6O4/c1-9(8-22)18-14-17-7-11(21(24)25)12(20-14)19-10-3-5-15(2,6-4-10)13(16)23/h7,9-10,22H,3-6,8H2,1-2H3,(H2,16,23)(H2,17,18,19,20)/t9-,10?,15?/m0/s1. The fourth-order valence-corrected chi connectivity index (χ4v) is 2.79. The number of rotatable bonds is 7. The van der Waals surface area contributed by atoms with Gasteiger partial charge in [-0.2, -0.15) is 4.98 Å². The predicted octanol–water partition coefficient (Wildman–Crippen LogP) is 1.02. The van der Waals surface area contributed by atoms with Crippen LogP contribution in [0, 0.1) is 15.5 Å². The van der Waals surface area contributed by atoms with Gasteiger partial charge in [0.2, 0.25) is 17.7 Å². The third-order valence-electron chi connectivity index (χ3n) is 4.64. The Kier molecular flexibility index (Phi) is 5.73. The average Bonchev–Trinajstić information content (AvgIpc) is 2.56. The lowest BCUT2D eigenvalue weighted by Gasteiger charge is -2.35. The number of hydrogen-bond donors (Lipinski definition) is 4. The second-order valence-corrected chi connectivity index (χ2v) is 6.76. The molecule has 5 N–H and O–H groups in total. The van der Waals surface area contributed by atoms with Gasteiger partial charge < -0.3 is 21.5 Å². The van der Waals surface area contributed by atoms with Crippen molar-refractivity contribution in [3.05, 3.63) is 16.3 Å². The van der Waals surface area contributed by atoms with E-state index in [1.54, 1.807) is 6.92 Å². The Morgan fingerprint density at radius 1 is 1.56 bits per heavy atom. The molecule has 1 aromatic rings. The monoisotopic (exact) mass is 352 g/mol. The Morgan fingerprint density at radius 3 is 2.72 bits per heavy atom. The second-order valence-electron chi connectivity index (χ2n) is 6.76. The smallest absolute Gasteiger partial charge is 0.329 e. The van der Waals surface area contributed by atoms with Gasteiger partial charge >= 0.3 is 5.69 Å². The van der Waals surface area contributed by atoms with Crippen molar-refractivity contribution in [2.45, 2.75) is 51.6 Å². The Balaban J connectivity index is 2.13. The number of nitrogens with zero attached hydrogens (tertiary/aromatic N) is 3. The maximum Gasteiger partial charge on any atom is 0.329 e. The van der Waals surface area contributed by atoms with Crippen LogP contribution in [0.4, 0.5) is 17.5 Å². The minimum atomic E-state index is -0.544. The van der Waals surface area contributed by atoms with Crippen molar-refractivity contribution >= 4 is 23.4 Å². The summed E-state index contributed by atoms with van der Waals surface area (Å²) in [5.41, 5.74) is 4.70. The Bertz CT molecular complexity index is 645. The largest absolute Gasteiger partial charge is 0.394 e. The highest BCUT2D eigenvalue weighted by Gasteiger charge is 2.36. The lowest BCUT2D eigenvalue weighted by atomic mass is 9.73. The summed E-state index contributed by atoms with van der Waals surface area (Å²) in [4.78, 5) is 30.3. The SMILES string of the molecule is C[C@@H](CO)Nc1ncc([N+](=O)[O-])c(NC2CCC(C)(C(N)=O)CC2)n1. The van der Waals surface area contributed by atoms with Crippen LogP contribution in [0.2, 0.25) is 0 Å². The van der Waals surface area contributed by atoms with E-state index >= 15 is 0 Å². The first-order valence-electron chi connectivity index (χ1n) is 8.20. The van der Waals surface area contributed by atoms with Gasteiger partial charge in [-0.25, -0.2) is 4.98 Å². The molecule has 138 valence electrons. The molecule has 0 spiro atoms. The average molecular weight is 352 g/mol. The summed E-state index contributed by atoms with van der Waals surface area (Å²) < 4.78 is 0. The number of aliphatic hydroxyl groups excluding tert-OH is 1. The van der Waals surface area contributed by atoms with Crippen molar-refractivity contribution in [1.29, 1.82) is 0 Å². The molecule has 0 aromatic carbocycles. The van der Waals surface area contributed by atoms with Crippen molar-refractivity contribution < 1.29 is 14.8 Å². The van der Waals surface area contributed by atoms with Gasteiger partial charge in [-0.05, 0) is 32.6 Å². The van der Waals surface area contributed by atoms with Gasteiger partial charge in [0.15, 0.2) is 0 Å². The number of aromatic nitrogens is 2. The quantitative estimate of drug-likeness (QED) is 0.418. The topological polar surface area (TPSA) is 156 Å². The summed E-state index contributed by atoms with van der Waals surface area (Å²) in [5.74, 6) is 0.0104. The number of amides is 1. The molecular weight excluding hydrogens is 328 g/mol. The number of primary amides is 1. The number of carbonyl (C=O) groups is 1. The molecule has 0 saturated heterocycles. The van der Waals surface area contributed by atoms with Crippen LogP contribution in [0.3, 0.4) is 0 Å². The number of nitro groups is 1. The number of nitrogens with one attached hydrogen (secondary N) is 2. The third-order valence-corrected chi connectivity index (χ3v) is 4.64. The van der Waals surface area contributed by atoms with Crippen LogP contribution in [0.1, 0.15) is 39.5 Å². The third kappa shape index (κ3) is 4.53. The van der Waals surface area contributed by atoms with Crippen molar-refractivity contribution in [2.75, 3.05) is 17.2 Å². The molecule has 0 unspecified atom stereocenters. The summed E-state index contributed by atoms with van der Waals surface area (Å²) in [6.07, 6.45) is 3.70. The number of aliphatic hydroxyl groups is 1. The van der Waals surface area contributed by atoms with Crippen LogP contribution in [-0.4, -0.2) is 44.6 Å². The molecule has 1 heterocycles. The van der Waals surface area contributed by atoms with E-state index in [4.69, 9.17) is 10.8 Å². The molecule has 1 saturated carbocycles. The van der Waals surface area contributed by atoms with Crippen molar-refractivity contribution in [3.8, 4) is 0 Å². The molecule has 10 nitrogen and oxygen atoms in total. The lowest BCUT2D eigenvalue weighted by Crippen LogP contribution is -2.40. The zero-order chi connectivity index (χ0) is 18.6. The molecule has 0 radical (unpaired) electrons. The molecule has 1 fully saturated rings. The van der Waals surface area contributed by atoms with E-state index < -0.39 is 10.3 Å². The minimum Gasteiger partial charge on any atom is -0.394 e. The first kappa shape index (κ1) is 18.8. The highest BCUT2D eigenvalue weighted by molar-refractivity contribution is 5.80. The van der Waals surface area contributed by atoms with Gasteiger partial charge in [0, 0.05) is 17.5 Å². The summed E-state index contributed by atoms with van der Waals surface area (Å²) in [6.45, 7) is 3.47. The van der Waals surface area contributed by atoms with Gasteiger partial charge in [-0.1, -0.05) is 6.92 Å². The highest BCUT2D eigenvalue weighted by Crippen LogP contribution is 2.37. The number of hydrogen-bond acceptors (Lipinski definition) is 8. The molecule has 1 aromatic heterocycles. The molecule has 10 heteroatoms. The zero-order valence-electron chi connectivity index (χ0n) is 14.4. The van der Waals surface area contributed by atoms with E-state index in [0.717, 1.165) is 6.20 Å². The van der Waals surface area contributed by atoms with E-state index in [9.17, 15) is 14.9 Å². The molecule has 1 amide bonds.